The average molecular weight is 399 g/mol. The Hall–Kier alpha value is -3.31. The Bertz CT molecular complexity index is 1030. The number of amides is 1. The first kappa shape index (κ1) is 18.7. The summed E-state index contributed by atoms with van der Waals surface area (Å²) in [5.41, 5.74) is 3.72. The van der Waals surface area contributed by atoms with Crippen LogP contribution >= 0.6 is 0 Å². The molecule has 1 amide bonds. The van der Waals surface area contributed by atoms with Gasteiger partial charge in [-0.1, -0.05) is 48.5 Å². The summed E-state index contributed by atoms with van der Waals surface area (Å²) >= 11 is 0. The van der Waals surface area contributed by atoms with Crippen LogP contribution in [0.5, 0.6) is 11.5 Å². The van der Waals surface area contributed by atoms with Gasteiger partial charge in [-0.05, 0) is 31.3 Å². The maximum atomic E-state index is 13.6. The molecule has 0 saturated carbocycles. The zero-order chi connectivity index (χ0) is 20.5. The number of nitrogens with zero attached hydrogens (tertiary/aromatic N) is 2. The Labute approximate surface area is 176 Å². The van der Waals surface area contributed by atoms with E-state index in [2.05, 4.69) is 28.2 Å². The molecular weight excluding hydrogens is 374 g/mol. The van der Waals surface area contributed by atoms with E-state index in [1.165, 1.54) is 0 Å². The standard InChI is InChI=1S/C25H25N3O2/c1-27-14-16-28(17-15-27)21-11-5-4-10-20(21)26-25(29)24-18-8-2-6-12-22(18)30-23-13-7-3-9-19(23)24/h2-13,24H,14-17H2,1H3,(H,26,29). The molecule has 0 radical (unpaired) electrons. The molecule has 0 aromatic heterocycles. The lowest BCUT2D eigenvalue weighted by atomic mass is 9.87. The van der Waals surface area contributed by atoms with Crippen molar-refractivity contribution in [3.63, 3.8) is 0 Å². The molecule has 0 aliphatic carbocycles. The highest BCUT2D eigenvalue weighted by atomic mass is 16.5. The van der Waals surface area contributed by atoms with Crippen LogP contribution in [0.4, 0.5) is 11.4 Å². The highest BCUT2D eigenvalue weighted by Gasteiger charge is 2.33. The van der Waals surface area contributed by atoms with Gasteiger partial charge in [-0.15, -0.1) is 0 Å². The molecule has 2 aliphatic heterocycles. The Balaban J connectivity index is 1.47. The van der Waals surface area contributed by atoms with E-state index in [0.29, 0.717) is 0 Å². The molecule has 1 N–H and O–H groups in total. The highest BCUT2D eigenvalue weighted by molar-refractivity contribution is 6.01. The Morgan fingerprint density at radius 3 is 2.07 bits per heavy atom. The van der Waals surface area contributed by atoms with Gasteiger partial charge in [-0.25, -0.2) is 0 Å². The van der Waals surface area contributed by atoms with Crippen LogP contribution in [0.1, 0.15) is 17.0 Å². The van der Waals surface area contributed by atoms with E-state index in [-0.39, 0.29) is 5.91 Å². The molecule has 152 valence electrons. The van der Waals surface area contributed by atoms with Gasteiger partial charge in [-0.2, -0.15) is 0 Å². The molecule has 0 unspecified atom stereocenters. The molecular formula is C25H25N3O2. The third-order valence-electron chi connectivity index (χ3n) is 5.95. The zero-order valence-corrected chi connectivity index (χ0v) is 17.0. The molecule has 30 heavy (non-hydrogen) atoms. The van der Waals surface area contributed by atoms with Gasteiger partial charge in [-0.3, -0.25) is 4.79 Å². The smallest absolute Gasteiger partial charge is 0.236 e. The van der Waals surface area contributed by atoms with Crippen LogP contribution in [0.25, 0.3) is 0 Å². The summed E-state index contributed by atoms with van der Waals surface area (Å²) in [6.45, 7) is 3.94. The topological polar surface area (TPSA) is 44.8 Å². The minimum absolute atomic E-state index is 0.0419. The van der Waals surface area contributed by atoms with E-state index in [1.54, 1.807) is 0 Å². The number of hydrogen-bond donors (Lipinski definition) is 1. The monoisotopic (exact) mass is 399 g/mol. The third-order valence-corrected chi connectivity index (χ3v) is 5.95. The largest absolute Gasteiger partial charge is 0.457 e. The SMILES string of the molecule is CN1CCN(c2ccccc2NC(=O)C2c3ccccc3Oc3ccccc32)CC1. The summed E-state index contributed by atoms with van der Waals surface area (Å²) in [7, 11) is 2.14. The number of ether oxygens (including phenoxy) is 1. The van der Waals surface area contributed by atoms with E-state index < -0.39 is 5.92 Å². The first-order valence-corrected chi connectivity index (χ1v) is 10.4. The second-order valence-corrected chi connectivity index (χ2v) is 7.91. The van der Waals surface area contributed by atoms with Crippen molar-refractivity contribution >= 4 is 17.3 Å². The van der Waals surface area contributed by atoms with E-state index >= 15 is 0 Å². The summed E-state index contributed by atoms with van der Waals surface area (Å²) in [6, 6.07) is 23.6. The predicted molar refractivity (Wildman–Crippen MR) is 120 cm³/mol. The fourth-order valence-electron chi connectivity index (χ4n) is 4.30. The lowest BCUT2D eigenvalue weighted by Crippen LogP contribution is -2.44. The second kappa shape index (κ2) is 7.84. The number of carbonyl (C=O) groups is 1. The van der Waals surface area contributed by atoms with Gasteiger partial charge < -0.3 is 19.9 Å². The minimum Gasteiger partial charge on any atom is -0.457 e. The summed E-state index contributed by atoms with van der Waals surface area (Å²) in [6.07, 6.45) is 0. The molecule has 5 rings (SSSR count). The van der Waals surface area contributed by atoms with Crippen molar-refractivity contribution in [3.8, 4) is 11.5 Å². The van der Waals surface area contributed by atoms with Crippen LogP contribution < -0.4 is 15.0 Å². The first-order chi connectivity index (χ1) is 14.7. The fourth-order valence-corrected chi connectivity index (χ4v) is 4.30. The summed E-state index contributed by atoms with van der Waals surface area (Å²) in [5.74, 6) is 1.03. The van der Waals surface area contributed by atoms with E-state index in [4.69, 9.17) is 4.74 Å². The Kier molecular flexibility index (Phi) is 4.89. The molecule has 0 bridgehead atoms. The van der Waals surface area contributed by atoms with Gasteiger partial charge in [0.25, 0.3) is 0 Å². The summed E-state index contributed by atoms with van der Waals surface area (Å²) in [5, 5.41) is 3.22. The van der Waals surface area contributed by atoms with E-state index in [0.717, 1.165) is 60.2 Å². The van der Waals surface area contributed by atoms with E-state index in [1.807, 2.05) is 66.7 Å². The number of nitrogens with one attached hydrogen (secondary N) is 1. The Morgan fingerprint density at radius 2 is 1.40 bits per heavy atom. The highest BCUT2D eigenvalue weighted by Crippen LogP contribution is 2.44. The number of hydrogen-bond acceptors (Lipinski definition) is 4. The number of benzene rings is 3. The van der Waals surface area contributed by atoms with Crippen LogP contribution in [0.3, 0.4) is 0 Å². The van der Waals surface area contributed by atoms with Crippen LogP contribution in [0.15, 0.2) is 72.8 Å². The van der Waals surface area contributed by atoms with Crippen molar-refractivity contribution in [3.05, 3.63) is 83.9 Å². The molecule has 5 heteroatoms. The normalized spacial score (nSPS) is 16.4. The van der Waals surface area contributed by atoms with Crippen LogP contribution in [0.2, 0.25) is 0 Å². The molecule has 3 aromatic carbocycles. The van der Waals surface area contributed by atoms with Crippen molar-refractivity contribution < 1.29 is 9.53 Å². The number of rotatable bonds is 3. The average Bonchev–Trinajstić information content (AvgIpc) is 2.78. The zero-order valence-electron chi connectivity index (χ0n) is 17.0. The number of likely N-dealkylation sites (N-methyl/N-ethyl adjacent to an activating group) is 1. The van der Waals surface area contributed by atoms with Gasteiger partial charge in [0.05, 0.1) is 17.3 Å². The molecule has 1 saturated heterocycles. The molecule has 1 fully saturated rings. The van der Waals surface area contributed by atoms with Crippen molar-refractivity contribution in [1.82, 2.24) is 4.90 Å². The summed E-state index contributed by atoms with van der Waals surface area (Å²) < 4.78 is 6.04. The molecule has 2 heterocycles. The quantitative estimate of drug-likeness (QED) is 0.713. The second-order valence-electron chi connectivity index (χ2n) is 7.91. The van der Waals surface area contributed by atoms with Crippen LogP contribution in [0, 0.1) is 0 Å². The molecule has 5 nitrogen and oxygen atoms in total. The number of carbonyl (C=O) groups excluding carboxylic acids is 1. The van der Waals surface area contributed by atoms with Crippen molar-refractivity contribution in [2.75, 3.05) is 43.4 Å². The minimum atomic E-state index is -0.410. The van der Waals surface area contributed by atoms with Crippen molar-refractivity contribution in [2.45, 2.75) is 5.92 Å². The van der Waals surface area contributed by atoms with E-state index in [9.17, 15) is 4.79 Å². The third kappa shape index (κ3) is 3.42. The lowest BCUT2D eigenvalue weighted by molar-refractivity contribution is -0.116. The summed E-state index contributed by atoms with van der Waals surface area (Å²) in [4.78, 5) is 18.3. The molecule has 0 spiro atoms. The Morgan fingerprint density at radius 1 is 0.833 bits per heavy atom. The van der Waals surface area contributed by atoms with Crippen LogP contribution in [-0.4, -0.2) is 44.0 Å². The lowest BCUT2D eigenvalue weighted by Gasteiger charge is -2.35. The van der Waals surface area contributed by atoms with Gasteiger partial charge in [0.15, 0.2) is 0 Å². The van der Waals surface area contributed by atoms with Gasteiger partial charge in [0, 0.05) is 37.3 Å². The number of piperazine rings is 1. The van der Waals surface area contributed by atoms with Crippen molar-refractivity contribution in [2.24, 2.45) is 0 Å². The van der Waals surface area contributed by atoms with Crippen molar-refractivity contribution in [1.29, 1.82) is 0 Å². The molecule has 3 aromatic rings. The maximum Gasteiger partial charge on any atom is 0.236 e. The van der Waals surface area contributed by atoms with Gasteiger partial charge >= 0.3 is 0 Å². The number of anilines is 2. The van der Waals surface area contributed by atoms with Gasteiger partial charge in [0.1, 0.15) is 11.5 Å². The first-order valence-electron chi connectivity index (χ1n) is 10.4. The fraction of sp³-hybridized carbons (Fsp3) is 0.240. The number of fused-ring (bicyclic) bond motifs is 2. The number of para-hydroxylation sites is 4. The molecule has 0 atom stereocenters. The van der Waals surface area contributed by atoms with Gasteiger partial charge in [0.2, 0.25) is 5.91 Å². The maximum absolute atomic E-state index is 13.6. The molecule has 2 aliphatic rings. The predicted octanol–water partition coefficient (Wildman–Crippen LogP) is 4.31. The van der Waals surface area contributed by atoms with Crippen LogP contribution in [-0.2, 0) is 4.79 Å².